The molecule has 1 heterocycles. The largest absolute Gasteiger partial charge is 0.435 e. The third kappa shape index (κ3) is 3.53. The van der Waals surface area contributed by atoms with E-state index >= 15 is 0 Å². The second-order valence-electron chi connectivity index (χ2n) is 4.78. The van der Waals surface area contributed by atoms with Crippen molar-refractivity contribution < 1.29 is 27.5 Å². The van der Waals surface area contributed by atoms with Gasteiger partial charge in [-0.05, 0) is 25.1 Å². The molecule has 10 heteroatoms. The zero-order valence-corrected chi connectivity index (χ0v) is 12.6. The maximum Gasteiger partial charge on any atom is 0.435 e. The Hall–Kier alpha value is -2.49. The van der Waals surface area contributed by atoms with Gasteiger partial charge in [-0.25, -0.2) is 9.07 Å². The highest BCUT2D eigenvalue weighted by Crippen LogP contribution is 2.33. The molecule has 0 saturated carbocycles. The summed E-state index contributed by atoms with van der Waals surface area (Å²) < 4.78 is 53.9. The summed E-state index contributed by atoms with van der Waals surface area (Å²) in [4.78, 5) is 13.3. The summed E-state index contributed by atoms with van der Waals surface area (Å²) in [6, 6.07) is 4.36. The average molecular weight is 346 g/mol. The summed E-state index contributed by atoms with van der Waals surface area (Å²) in [7, 11) is 0. The van der Waals surface area contributed by atoms with Crippen molar-refractivity contribution in [1.82, 2.24) is 19.9 Å². The molecule has 0 aliphatic rings. The Labute approximate surface area is 134 Å². The number of halogens is 4. The quantitative estimate of drug-likeness (QED) is 0.839. The summed E-state index contributed by atoms with van der Waals surface area (Å²) in [5.41, 5.74) is -2.50. The first-order valence-electron chi connectivity index (χ1n) is 6.98. The van der Waals surface area contributed by atoms with Crippen LogP contribution in [0.4, 0.5) is 17.6 Å². The molecule has 0 fully saturated rings. The number of aliphatic hydroxyl groups excluding tert-OH is 1. The van der Waals surface area contributed by atoms with Gasteiger partial charge in [-0.3, -0.25) is 4.79 Å². The summed E-state index contributed by atoms with van der Waals surface area (Å²) >= 11 is 0. The van der Waals surface area contributed by atoms with Crippen LogP contribution in [0.5, 0.6) is 0 Å². The fourth-order valence-electron chi connectivity index (χ4n) is 2.14. The number of nitrogens with zero attached hydrogens (tertiary/aromatic N) is 4. The molecule has 6 nitrogen and oxygen atoms in total. The van der Waals surface area contributed by atoms with Crippen LogP contribution in [0.3, 0.4) is 0 Å². The Bertz CT molecular complexity index is 730. The number of aliphatic hydroxyl groups is 1. The van der Waals surface area contributed by atoms with Gasteiger partial charge in [-0.1, -0.05) is 11.3 Å². The topological polar surface area (TPSA) is 71.2 Å². The van der Waals surface area contributed by atoms with Crippen molar-refractivity contribution in [2.75, 3.05) is 19.7 Å². The van der Waals surface area contributed by atoms with E-state index in [1.165, 1.54) is 12.1 Å². The number of likely N-dealkylation sites (N-methyl/N-ethyl adjacent to an activating group) is 1. The lowest BCUT2D eigenvalue weighted by Crippen LogP contribution is -2.35. The predicted octanol–water partition coefficient (Wildman–Crippen LogP) is 1.88. The van der Waals surface area contributed by atoms with Crippen molar-refractivity contribution >= 4 is 5.91 Å². The second-order valence-corrected chi connectivity index (χ2v) is 4.78. The Morgan fingerprint density at radius 3 is 2.62 bits per heavy atom. The lowest BCUT2D eigenvalue weighted by Gasteiger charge is -2.19. The van der Waals surface area contributed by atoms with Crippen molar-refractivity contribution in [1.29, 1.82) is 0 Å². The van der Waals surface area contributed by atoms with E-state index in [9.17, 15) is 22.4 Å². The molecule has 0 bridgehead atoms. The van der Waals surface area contributed by atoms with E-state index in [4.69, 9.17) is 5.11 Å². The van der Waals surface area contributed by atoms with Gasteiger partial charge in [-0.2, -0.15) is 13.2 Å². The van der Waals surface area contributed by atoms with E-state index in [2.05, 4.69) is 10.3 Å². The third-order valence-corrected chi connectivity index (χ3v) is 3.23. The molecule has 1 aromatic heterocycles. The Morgan fingerprint density at radius 2 is 2.08 bits per heavy atom. The van der Waals surface area contributed by atoms with Crippen molar-refractivity contribution in [3.63, 3.8) is 0 Å². The highest BCUT2D eigenvalue weighted by Gasteiger charge is 2.42. The molecule has 0 aliphatic heterocycles. The van der Waals surface area contributed by atoms with Crippen molar-refractivity contribution in [3.8, 4) is 5.69 Å². The Balaban J connectivity index is 2.57. The molecule has 0 radical (unpaired) electrons. The van der Waals surface area contributed by atoms with E-state index in [-0.39, 0.29) is 18.8 Å². The minimum absolute atomic E-state index is 0.0868. The van der Waals surface area contributed by atoms with Crippen LogP contribution in [0.1, 0.15) is 23.1 Å². The number of hydrogen-bond acceptors (Lipinski definition) is 4. The number of rotatable bonds is 5. The summed E-state index contributed by atoms with van der Waals surface area (Å²) in [5.74, 6) is -1.76. The molecule has 0 saturated heterocycles. The van der Waals surface area contributed by atoms with Crippen molar-refractivity contribution in [3.05, 3.63) is 41.5 Å². The van der Waals surface area contributed by atoms with Crippen molar-refractivity contribution in [2.45, 2.75) is 13.1 Å². The SMILES string of the molecule is CCN(CCO)C(=O)c1nnn(-c2cccc(F)c2)c1C(F)(F)F. The van der Waals surface area contributed by atoms with E-state index in [1.54, 1.807) is 6.92 Å². The van der Waals surface area contributed by atoms with Crippen LogP contribution in [0, 0.1) is 5.82 Å². The summed E-state index contributed by atoms with van der Waals surface area (Å²) in [6.07, 6.45) is -4.93. The second kappa shape index (κ2) is 6.95. The fraction of sp³-hybridized carbons (Fsp3) is 0.357. The zero-order valence-electron chi connectivity index (χ0n) is 12.6. The number of amides is 1. The number of alkyl halides is 3. The van der Waals surface area contributed by atoms with Crippen LogP contribution in [0.25, 0.3) is 5.69 Å². The molecule has 0 unspecified atom stereocenters. The number of benzene rings is 1. The molecule has 130 valence electrons. The lowest BCUT2D eigenvalue weighted by molar-refractivity contribution is -0.143. The molecule has 0 atom stereocenters. The van der Waals surface area contributed by atoms with Crippen molar-refractivity contribution in [2.24, 2.45) is 0 Å². The Kier molecular flexibility index (Phi) is 5.17. The minimum atomic E-state index is -4.93. The smallest absolute Gasteiger partial charge is 0.395 e. The summed E-state index contributed by atoms with van der Waals surface area (Å²) in [6.45, 7) is 1.10. The van der Waals surface area contributed by atoms with Gasteiger partial charge in [-0.15, -0.1) is 5.10 Å². The highest BCUT2D eigenvalue weighted by atomic mass is 19.4. The van der Waals surface area contributed by atoms with Gasteiger partial charge in [0.05, 0.1) is 12.3 Å². The maximum atomic E-state index is 13.4. The molecule has 2 rings (SSSR count). The molecule has 0 spiro atoms. The predicted molar refractivity (Wildman–Crippen MR) is 75.0 cm³/mol. The van der Waals surface area contributed by atoms with Crippen LogP contribution < -0.4 is 0 Å². The van der Waals surface area contributed by atoms with E-state index in [1.807, 2.05) is 0 Å². The highest BCUT2D eigenvalue weighted by molar-refractivity contribution is 5.93. The van der Waals surface area contributed by atoms with Gasteiger partial charge in [0.1, 0.15) is 5.82 Å². The number of carbonyl (C=O) groups excluding carboxylic acids is 1. The summed E-state index contributed by atoms with van der Waals surface area (Å²) in [5, 5.41) is 15.6. The van der Waals surface area contributed by atoms with Crippen LogP contribution in [-0.2, 0) is 6.18 Å². The monoisotopic (exact) mass is 346 g/mol. The minimum Gasteiger partial charge on any atom is -0.395 e. The van der Waals surface area contributed by atoms with Crippen LogP contribution in [-0.4, -0.2) is 50.6 Å². The van der Waals surface area contributed by atoms with E-state index in [0.717, 1.165) is 17.0 Å². The van der Waals surface area contributed by atoms with Gasteiger partial charge in [0.2, 0.25) is 0 Å². The van der Waals surface area contributed by atoms with E-state index in [0.29, 0.717) is 4.68 Å². The molecule has 0 aliphatic carbocycles. The normalized spacial score (nSPS) is 11.6. The molecule has 1 N–H and O–H groups in total. The molecule has 1 amide bonds. The number of aromatic nitrogens is 3. The lowest BCUT2D eigenvalue weighted by atomic mass is 10.2. The molecular formula is C14H14F4N4O2. The van der Waals surface area contributed by atoms with Gasteiger partial charge in [0.15, 0.2) is 11.4 Å². The van der Waals surface area contributed by atoms with Gasteiger partial charge < -0.3 is 10.0 Å². The van der Waals surface area contributed by atoms with Crippen LogP contribution in [0.2, 0.25) is 0 Å². The first-order valence-corrected chi connectivity index (χ1v) is 6.98. The fourth-order valence-corrected chi connectivity index (χ4v) is 2.14. The number of carbonyl (C=O) groups is 1. The first kappa shape index (κ1) is 17.9. The molecule has 2 aromatic rings. The zero-order chi connectivity index (χ0) is 17.9. The third-order valence-electron chi connectivity index (χ3n) is 3.23. The average Bonchev–Trinajstić information content (AvgIpc) is 2.97. The molecule has 1 aromatic carbocycles. The van der Waals surface area contributed by atoms with Crippen LogP contribution in [0.15, 0.2) is 24.3 Å². The van der Waals surface area contributed by atoms with E-state index < -0.39 is 35.9 Å². The van der Waals surface area contributed by atoms with Gasteiger partial charge >= 0.3 is 6.18 Å². The first-order chi connectivity index (χ1) is 11.3. The Morgan fingerprint density at radius 1 is 1.38 bits per heavy atom. The molecule has 24 heavy (non-hydrogen) atoms. The maximum absolute atomic E-state index is 13.4. The van der Waals surface area contributed by atoms with Gasteiger partial charge in [0.25, 0.3) is 5.91 Å². The molecular weight excluding hydrogens is 332 g/mol. The van der Waals surface area contributed by atoms with Crippen LogP contribution >= 0.6 is 0 Å². The van der Waals surface area contributed by atoms with Gasteiger partial charge in [0, 0.05) is 13.1 Å². The standard InChI is InChI=1S/C14H14F4N4O2/c1-2-21(6-7-23)13(24)11-12(14(16,17)18)22(20-19-11)10-5-3-4-9(15)8-10/h3-5,8,23H,2,6-7H2,1H3. The number of hydrogen-bond donors (Lipinski definition) is 1.